The molecule has 1 aromatic rings. The molecule has 0 fully saturated rings. The molecule has 0 aliphatic rings. The predicted octanol–water partition coefficient (Wildman–Crippen LogP) is 2.73. The van der Waals surface area contributed by atoms with Crippen molar-refractivity contribution in [3.63, 3.8) is 0 Å². The quantitative estimate of drug-likeness (QED) is 0.802. The average Bonchev–Trinajstić information content (AvgIpc) is 2.03. The van der Waals surface area contributed by atoms with Gasteiger partial charge in [-0.3, -0.25) is 0 Å². The fraction of sp³-hybridized carbons (Fsp3) is 0.222. The van der Waals surface area contributed by atoms with Crippen LogP contribution in [0, 0.1) is 6.42 Å². The molecule has 0 aliphatic carbocycles. The molecule has 0 saturated carbocycles. The van der Waals surface area contributed by atoms with Crippen LogP contribution in [0.4, 0.5) is 0 Å². The summed E-state index contributed by atoms with van der Waals surface area (Å²) in [4.78, 5) is 0. The highest BCUT2D eigenvalue weighted by molar-refractivity contribution is 6.35. The topological polar surface area (TPSA) is 20.2 Å². The number of benzene rings is 1. The first-order valence-corrected chi connectivity index (χ1v) is 4.36. The van der Waals surface area contributed by atoms with E-state index in [9.17, 15) is 0 Å². The van der Waals surface area contributed by atoms with E-state index in [4.69, 9.17) is 28.3 Å². The van der Waals surface area contributed by atoms with Gasteiger partial charge in [0, 0.05) is 16.7 Å². The summed E-state index contributed by atoms with van der Waals surface area (Å²) >= 11 is 11.6. The molecule has 0 heterocycles. The van der Waals surface area contributed by atoms with Gasteiger partial charge in [-0.25, -0.2) is 0 Å². The van der Waals surface area contributed by atoms with Crippen LogP contribution in [0.2, 0.25) is 10.0 Å². The minimum Gasteiger partial charge on any atom is -0.396 e. The molecule has 0 aliphatic heterocycles. The van der Waals surface area contributed by atoms with Crippen LogP contribution in [-0.2, 0) is 6.42 Å². The van der Waals surface area contributed by atoms with Crippen molar-refractivity contribution in [2.45, 2.75) is 6.42 Å². The fourth-order valence-electron chi connectivity index (χ4n) is 0.907. The van der Waals surface area contributed by atoms with Crippen LogP contribution >= 0.6 is 23.2 Å². The first-order chi connectivity index (χ1) is 5.74. The van der Waals surface area contributed by atoms with Crippen molar-refractivity contribution < 1.29 is 5.11 Å². The summed E-state index contributed by atoms with van der Waals surface area (Å²) in [5.74, 6) is 0. The van der Waals surface area contributed by atoms with E-state index in [1.54, 1.807) is 18.6 Å². The number of aliphatic hydroxyl groups excluding tert-OH is 1. The summed E-state index contributed by atoms with van der Waals surface area (Å²) in [6, 6.07) is 5.34. The number of rotatable bonds is 3. The first kappa shape index (κ1) is 9.85. The van der Waals surface area contributed by atoms with Gasteiger partial charge in [0.15, 0.2) is 0 Å². The smallest absolute Gasteiger partial charge is 0.0466 e. The molecule has 1 N–H and O–H groups in total. The van der Waals surface area contributed by atoms with Crippen molar-refractivity contribution in [1.29, 1.82) is 0 Å². The zero-order valence-electron chi connectivity index (χ0n) is 6.43. The van der Waals surface area contributed by atoms with Gasteiger partial charge in [0.2, 0.25) is 0 Å². The monoisotopic (exact) mass is 203 g/mol. The fourth-order valence-corrected chi connectivity index (χ4v) is 1.39. The Morgan fingerprint density at radius 2 is 2.08 bits per heavy atom. The van der Waals surface area contributed by atoms with Crippen molar-refractivity contribution in [1.82, 2.24) is 0 Å². The van der Waals surface area contributed by atoms with Crippen molar-refractivity contribution >= 4 is 23.2 Å². The highest BCUT2D eigenvalue weighted by Crippen LogP contribution is 2.21. The minimum absolute atomic E-state index is 0.0684. The number of hydrogen-bond donors (Lipinski definition) is 1. The van der Waals surface area contributed by atoms with Gasteiger partial charge in [-0.15, -0.1) is 0 Å². The van der Waals surface area contributed by atoms with E-state index in [1.165, 1.54) is 0 Å². The minimum atomic E-state index is 0.0684. The normalized spacial score (nSPS) is 10.2. The van der Waals surface area contributed by atoms with Crippen LogP contribution in [0.3, 0.4) is 0 Å². The third-order valence-electron chi connectivity index (χ3n) is 1.51. The zero-order chi connectivity index (χ0) is 8.97. The summed E-state index contributed by atoms with van der Waals surface area (Å²) in [6.07, 6.45) is 2.42. The third-order valence-corrected chi connectivity index (χ3v) is 2.10. The van der Waals surface area contributed by atoms with Crippen LogP contribution in [-0.4, -0.2) is 11.7 Å². The van der Waals surface area contributed by atoms with E-state index in [-0.39, 0.29) is 6.61 Å². The largest absolute Gasteiger partial charge is 0.396 e. The molecule has 0 spiro atoms. The van der Waals surface area contributed by atoms with Crippen LogP contribution in [0.1, 0.15) is 5.56 Å². The van der Waals surface area contributed by atoms with E-state index in [0.29, 0.717) is 16.5 Å². The Balaban J connectivity index is 2.72. The summed E-state index contributed by atoms with van der Waals surface area (Å²) in [7, 11) is 0. The van der Waals surface area contributed by atoms with Crippen molar-refractivity contribution in [3.8, 4) is 0 Å². The van der Waals surface area contributed by atoms with Gasteiger partial charge in [0.05, 0.1) is 0 Å². The molecule has 0 atom stereocenters. The van der Waals surface area contributed by atoms with E-state index < -0.39 is 0 Å². The van der Waals surface area contributed by atoms with Crippen LogP contribution < -0.4 is 0 Å². The Morgan fingerprint density at radius 1 is 1.33 bits per heavy atom. The standard InChI is InChI=1S/C9H9Cl2O/c10-8-4-3-7(2-1-5-12)9(11)6-8/h1,3-4,6,12H,2,5H2. The Bertz CT molecular complexity index is 261. The van der Waals surface area contributed by atoms with Crippen LogP contribution in [0.5, 0.6) is 0 Å². The molecule has 3 heteroatoms. The second-order valence-corrected chi connectivity index (χ2v) is 3.25. The second kappa shape index (κ2) is 4.70. The predicted molar refractivity (Wildman–Crippen MR) is 51.6 cm³/mol. The molecule has 1 aromatic carbocycles. The first-order valence-electron chi connectivity index (χ1n) is 3.60. The Morgan fingerprint density at radius 3 is 2.67 bits per heavy atom. The van der Waals surface area contributed by atoms with Crippen molar-refractivity contribution in [2.75, 3.05) is 6.61 Å². The van der Waals surface area contributed by atoms with Crippen molar-refractivity contribution in [2.24, 2.45) is 0 Å². The zero-order valence-corrected chi connectivity index (χ0v) is 7.94. The van der Waals surface area contributed by atoms with Gasteiger partial charge in [-0.05, 0) is 30.5 Å². The number of aliphatic hydroxyl groups is 1. The SMILES string of the molecule is OC[CH]Cc1ccc(Cl)cc1Cl. The molecular formula is C9H9Cl2O. The molecule has 0 bridgehead atoms. The third kappa shape index (κ3) is 2.67. The maximum Gasteiger partial charge on any atom is 0.0466 e. The number of halogens is 2. The lowest BCUT2D eigenvalue weighted by atomic mass is 10.1. The highest BCUT2D eigenvalue weighted by atomic mass is 35.5. The van der Waals surface area contributed by atoms with Crippen LogP contribution in [0.15, 0.2) is 18.2 Å². The molecule has 0 unspecified atom stereocenters. The lowest BCUT2D eigenvalue weighted by molar-refractivity contribution is 0.325. The Hall–Kier alpha value is -0.240. The van der Waals surface area contributed by atoms with Gasteiger partial charge in [-0.1, -0.05) is 29.3 Å². The summed E-state index contributed by atoms with van der Waals surface area (Å²) in [5, 5.41) is 9.83. The molecule has 0 aromatic heterocycles. The second-order valence-electron chi connectivity index (χ2n) is 2.41. The Kier molecular flexibility index (Phi) is 3.86. The summed E-state index contributed by atoms with van der Waals surface area (Å²) in [6.45, 7) is 0.0684. The molecule has 0 amide bonds. The molecule has 12 heavy (non-hydrogen) atoms. The molecule has 65 valence electrons. The van der Waals surface area contributed by atoms with Crippen LogP contribution in [0.25, 0.3) is 0 Å². The molecule has 1 radical (unpaired) electrons. The van der Waals surface area contributed by atoms with E-state index in [1.807, 2.05) is 6.07 Å². The van der Waals surface area contributed by atoms with Crippen molar-refractivity contribution in [3.05, 3.63) is 40.2 Å². The lowest BCUT2D eigenvalue weighted by Crippen LogP contribution is -1.91. The summed E-state index contributed by atoms with van der Waals surface area (Å²) in [5.41, 5.74) is 0.982. The average molecular weight is 204 g/mol. The highest BCUT2D eigenvalue weighted by Gasteiger charge is 1.99. The van der Waals surface area contributed by atoms with Gasteiger partial charge in [0.1, 0.15) is 0 Å². The molecule has 1 rings (SSSR count). The maximum absolute atomic E-state index is 8.55. The van der Waals surface area contributed by atoms with Gasteiger partial charge < -0.3 is 5.11 Å². The molecule has 0 saturated heterocycles. The Labute approximate surface area is 81.9 Å². The maximum atomic E-state index is 8.55. The van der Waals surface area contributed by atoms with Gasteiger partial charge >= 0.3 is 0 Å². The molecule has 1 nitrogen and oxygen atoms in total. The van der Waals surface area contributed by atoms with Gasteiger partial charge in [-0.2, -0.15) is 0 Å². The van der Waals surface area contributed by atoms with E-state index >= 15 is 0 Å². The van der Waals surface area contributed by atoms with E-state index in [0.717, 1.165) is 5.56 Å². The van der Waals surface area contributed by atoms with Gasteiger partial charge in [0.25, 0.3) is 0 Å². The molecular weight excluding hydrogens is 195 g/mol. The summed E-state index contributed by atoms with van der Waals surface area (Å²) < 4.78 is 0. The number of hydrogen-bond acceptors (Lipinski definition) is 1. The lowest BCUT2D eigenvalue weighted by Gasteiger charge is -2.02. The van der Waals surface area contributed by atoms with E-state index in [2.05, 4.69) is 0 Å².